The average molecular weight is 430 g/mol. The molecule has 0 saturated heterocycles. The van der Waals surface area contributed by atoms with Crippen molar-refractivity contribution in [2.45, 2.75) is 19.5 Å². The van der Waals surface area contributed by atoms with E-state index >= 15 is 0 Å². The molecule has 2 heterocycles. The maximum absolute atomic E-state index is 6.02. The Bertz CT molecular complexity index is 1030. The first-order chi connectivity index (χ1) is 13.1. The summed E-state index contributed by atoms with van der Waals surface area (Å²) in [5.74, 6) is 2.31. The predicted molar refractivity (Wildman–Crippen MR) is 110 cm³/mol. The molecule has 0 unspecified atom stereocenters. The van der Waals surface area contributed by atoms with E-state index in [4.69, 9.17) is 15.2 Å². The van der Waals surface area contributed by atoms with Crippen LogP contribution in [0.25, 0.3) is 11.0 Å². The number of para-hydroxylation sites is 2. The minimum absolute atomic E-state index is 0.323. The third-order valence-corrected chi connectivity index (χ3v) is 4.93. The number of nitrogens with two attached hydrogens (primary N) is 1. The summed E-state index contributed by atoms with van der Waals surface area (Å²) in [5, 5.41) is 3.04. The lowest BCUT2D eigenvalue weighted by molar-refractivity contribution is 0.292. The van der Waals surface area contributed by atoms with Gasteiger partial charge in [0.2, 0.25) is 5.95 Å². The Kier molecular flexibility index (Phi) is 4.65. The number of nitrogens with zero attached hydrogens (tertiary/aromatic N) is 3. The number of hydrogen-bond acceptors (Lipinski definition) is 6. The molecule has 3 aromatic rings. The van der Waals surface area contributed by atoms with E-state index in [1.165, 1.54) is 0 Å². The second-order valence-electron chi connectivity index (χ2n) is 6.19. The Morgan fingerprint density at radius 2 is 2.11 bits per heavy atom. The molecule has 2 aromatic carbocycles. The van der Waals surface area contributed by atoms with Gasteiger partial charge in [-0.05, 0) is 46.6 Å². The van der Waals surface area contributed by atoms with Crippen molar-refractivity contribution < 1.29 is 9.47 Å². The van der Waals surface area contributed by atoms with E-state index < -0.39 is 0 Å². The summed E-state index contributed by atoms with van der Waals surface area (Å²) in [5.41, 5.74) is 8.79. The van der Waals surface area contributed by atoms with Gasteiger partial charge in [0.15, 0.2) is 23.6 Å². The molecule has 0 bridgehead atoms. The smallest absolute Gasteiger partial charge is 0.212 e. The molecule has 1 atom stereocenters. The standard InChI is InChI=1S/C19H20BrN5O2/c1-3-8-27-16-12(20)9-11(10-15(16)26-2)17-23-18(21)24-19-22-13-6-4-5-7-14(13)25(17)19/h4-7,9-10,17H,3,8H2,1-2H3,(H3,21,22,23,24)/t17-/m0/s1. The van der Waals surface area contributed by atoms with E-state index in [1.54, 1.807) is 7.11 Å². The van der Waals surface area contributed by atoms with Crippen molar-refractivity contribution >= 4 is 38.9 Å². The number of nitrogens with one attached hydrogen (secondary N) is 1. The van der Waals surface area contributed by atoms with Gasteiger partial charge in [0.05, 0.1) is 29.2 Å². The fraction of sp³-hybridized carbons (Fsp3) is 0.263. The van der Waals surface area contributed by atoms with Crippen LogP contribution in [0.2, 0.25) is 0 Å². The normalized spacial score (nSPS) is 15.8. The fourth-order valence-electron chi connectivity index (χ4n) is 3.17. The highest BCUT2D eigenvalue weighted by molar-refractivity contribution is 9.10. The van der Waals surface area contributed by atoms with Crippen molar-refractivity contribution in [2.75, 3.05) is 19.0 Å². The van der Waals surface area contributed by atoms with Crippen LogP contribution in [0.1, 0.15) is 25.1 Å². The number of anilines is 1. The SMILES string of the molecule is CCCOc1c(Br)cc([C@H]2N=C(N)Nc3nc4ccccc4n32)cc1OC. The zero-order chi connectivity index (χ0) is 19.0. The van der Waals surface area contributed by atoms with E-state index in [0.717, 1.165) is 27.5 Å². The maximum Gasteiger partial charge on any atom is 0.212 e. The largest absolute Gasteiger partial charge is 0.493 e. The van der Waals surface area contributed by atoms with Gasteiger partial charge in [0.1, 0.15) is 0 Å². The number of methoxy groups -OCH3 is 1. The number of benzene rings is 2. The topological polar surface area (TPSA) is 86.7 Å². The Balaban J connectivity index is 1.86. The van der Waals surface area contributed by atoms with Crippen molar-refractivity contribution in [3.8, 4) is 11.5 Å². The van der Waals surface area contributed by atoms with Gasteiger partial charge in [-0.2, -0.15) is 0 Å². The lowest BCUT2D eigenvalue weighted by Gasteiger charge is -2.25. The van der Waals surface area contributed by atoms with Crippen LogP contribution in [0.4, 0.5) is 5.95 Å². The quantitative estimate of drug-likeness (QED) is 0.642. The molecule has 27 heavy (non-hydrogen) atoms. The highest BCUT2D eigenvalue weighted by atomic mass is 79.9. The number of halogens is 1. The number of aliphatic imine (C=N–C) groups is 1. The second kappa shape index (κ2) is 7.11. The monoisotopic (exact) mass is 429 g/mol. The number of imidazole rings is 1. The van der Waals surface area contributed by atoms with E-state index in [-0.39, 0.29) is 6.17 Å². The Labute approximate surface area is 165 Å². The summed E-state index contributed by atoms with van der Waals surface area (Å²) in [4.78, 5) is 9.24. The Morgan fingerprint density at radius 3 is 2.89 bits per heavy atom. The summed E-state index contributed by atoms with van der Waals surface area (Å²) in [6.45, 7) is 2.68. The third kappa shape index (κ3) is 3.10. The number of fused-ring (bicyclic) bond motifs is 3. The van der Waals surface area contributed by atoms with E-state index in [1.807, 2.05) is 41.0 Å². The minimum Gasteiger partial charge on any atom is -0.493 e. The maximum atomic E-state index is 6.02. The molecule has 0 amide bonds. The molecule has 3 N–H and O–H groups in total. The molecule has 7 nitrogen and oxygen atoms in total. The number of guanidine groups is 1. The fourth-order valence-corrected chi connectivity index (χ4v) is 3.75. The number of ether oxygens (including phenoxy) is 2. The summed E-state index contributed by atoms with van der Waals surface area (Å²) in [6.07, 6.45) is 0.552. The molecule has 4 rings (SSSR count). The summed E-state index contributed by atoms with van der Waals surface area (Å²) >= 11 is 3.61. The predicted octanol–water partition coefficient (Wildman–Crippen LogP) is 3.88. The van der Waals surface area contributed by atoms with Gasteiger partial charge in [-0.25, -0.2) is 9.98 Å². The van der Waals surface area contributed by atoms with Crippen molar-refractivity contribution in [1.82, 2.24) is 9.55 Å². The van der Waals surface area contributed by atoms with Gasteiger partial charge in [0, 0.05) is 5.56 Å². The van der Waals surface area contributed by atoms with Crippen molar-refractivity contribution in [3.63, 3.8) is 0 Å². The molecule has 0 radical (unpaired) electrons. The third-order valence-electron chi connectivity index (χ3n) is 4.34. The van der Waals surface area contributed by atoms with Crippen LogP contribution in [0.15, 0.2) is 45.9 Å². The molecule has 0 fully saturated rings. The number of aromatic nitrogens is 2. The number of hydrogen-bond donors (Lipinski definition) is 2. The zero-order valence-corrected chi connectivity index (χ0v) is 16.7. The zero-order valence-electron chi connectivity index (χ0n) is 15.1. The lowest BCUT2D eigenvalue weighted by Crippen LogP contribution is -2.31. The molecule has 1 aromatic heterocycles. The van der Waals surface area contributed by atoms with Gasteiger partial charge < -0.3 is 15.2 Å². The molecule has 140 valence electrons. The summed E-state index contributed by atoms with van der Waals surface area (Å²) in [7, 11) is 1.63. The van der Waals surface area contributed by atoms with Crippen LogP contribution < -0.4 is 20.5 Å². The van der Waals surface area contributed by atoms with E-state index in [2.05, 4.69) is 38.1 Å². The first-order valence-corrected chi connectivity index (χ1v) is 9.49. The molecular weight excluding hydrogens is 410 g/mol. The van der Waals surface area contributed by atoms with E-state index in [9.17, 15) is 0 Å². The molecule has 0 spiro atoms. The molecule has 0 aliphatic carbocycles. The van der Waals surface area contributed by atoms with E-state index in [0.29, 0.717) is 30.0 Å². The van der Waals surface area contributed by atoms with Crippen molar-refractivity contribution in [3.05, 3.63) is 46.4 Å². The van der Waals surface area contributed by atoms with Gasteiger partial charge >= 0.3 is 0 Å². The Hall–Kier alpha value is -2.74. The van der Waals surface area contributed by atoms with Crippen LogP contribution in [0, 0.1) is 0 Å². The van der Waals surface area contributed by atoms with Crippen LogP contribution >= 0.6 is 15.9 Å². The van der Waals surface area contributed by atoms with Crippen molar-refractivity contribution in [2.24, 2.45) is 10.7 Å². The molecule has 1 aliphatic rings. The first kappa shape index (κ1) is 17.7. The van der Waals surface area contributed by atoms with Crippen molar-refractivity contribution in [1.29, 1.82) is 0 Å². The molecule has 8 heteroatoms. The summed E-state index contributed by atoms with van der Waals surface area (Å²) in [6, 6.07) is 11.8. The molecule has 0 saturated carbocycles. The average Bonchev–Trinajstić information content (AvgIpc) is 3.03. The van der Waals surface area contributed by atoms with Gasteiger partial charge in [0.25, 0.3) is 0 Å². The van der Waals surface area contributed by atoms with Gasteiger partial charge in [-0.3, -0.25) is 9.88 Å². The highest BCUT2D eigenvalue weighted by Crippen LogP contribution is 2.41. The van der Waals surface area contributed by atoms with Crippen LogP contribution in [0.3, 0.4) is 0 Å². The highest BCUT2D eigenvalue weighted by Gasteiger charge is 2.26. The van der Waals surface area contributed by atoms with Crippen LogP contribution in [0.5, 0.6) is 11.5 Å². The molecular formula is C19H20BrN5O2. The second-order valence-corrected chi connectivity index (χ2v) is 7.04. The number of rotatable bonds is 5. The van der Waals surface area contributed by atoms with Gasteiger partial charge in [-0.15, -0.1) is 0 Å². The minimum atomic E-state index is -0.362. The lowest BCUT2D eigenvalue weighted by atomic mass is 10.1. The molecule has 1 aliphatic heterocycles. The van der Waals surface area contributed by atoms with Gasteiger partial charge in [-0.1, -0.05) is 19.1 Å². The Morgan fingerprint density at radius 1 is 1.30 bits per heavy atom. The van der Waals surface area contributed by atoms with Crippen LogP contribution in [-0.4, -0.2) is 29.2 Å². The first-order valence-electron chi connectivity index (χ1n) is 8.70. The summed E-state index contributed by atoms with van der Waals surface area (Å²) < 4.78 is 14.2. The van der Waals surface area contributed by atoms with Crippen LogP contribution in [-0.2, 0) is 0 Å².